The molecule has 3 aromatic carbocycles. The number of fused-ring (bicyclic) bond motifs is 2. The molecule has 14 heteroatoms. The summed E-state index contributed by atoms with van der Waals surface area (Å²) < 4.78 is 16.3. The molecule has 12 nitrogen and oxygen atoms in total. The van der Waals surface area contributed by atoms with E-state index < -0.39 is 35.3 Å². The minimum atomic E-state index is -1.40. The van der Waals surface area contributed by atoms with Gasteiger partial charge in [0.25, 0.3) is 17.7 Å². The molecule has 3 aromatic rings. The summed E-state index contributed by atoms with van der Waals surface area (Å²) in [7, 11) is 2.04. The number of hydrogen-bond acceptors (Lipinski definition) is 9. The Balaban J connectivity index is 0.801. The van der Waals surface area contributed by atoms with Crippen molar-refractivity contribution in [2.45, 2.75) is 88.3 Å². The largest absolute Gasteiger partial charge is 0.372 e. The Morgan fingerprint density at radius 2 is 1.59 bits per heavy atom. The third-order valence-corrected chi connectivity index (χ3v) is 12.6. The van der Waals surface area contributed by atoms with Gasteiger partial charge < -0.3 is 15.1 Å². The lowest BCUT2D eigenvalue weighted by molar-refractivity contribution is -0.136. The molecule has 4 aliphatic heterocycles. The maximum atomic E-state index is 16.3. The Kier molecular flexibility index (Phi) is 10.1. The number of nitrogens with zero attached hydrogens (tertiary/aromatic N) is 5. The molecule has 8 rings (SSSR count). The van der Waals surface area contributed by atoms with Crippen molar-refractivity contribution in [3.63, 3.8) is 0 Å². The summed E-state index contributed by atoms with van der Waals surface area (Å²) in [6.45, 7) is 2.19. The monoisotopic (exact) mass is 779 g/mol. The van der Waals surface area contributed by atoms with E-state index in [9.17, 15) is 29.2 Å². The van der Waals surface area contributed by atoms with E-state index in [1.807, 2.05) is 48.3 Å². The number of nitriles is 1. The first-order chi connectivity index (χ1) is 26.9. The van der Waals surface area contributed by atoms with E-state index in [1.54, 1.807) is 18.2 Å². The topological polar surface area (TPSA) is 146 Å². The number of nitrogens with one attached hydrogen (secondary N) is 2. The van der Waals surface area contributed by atoms with Gasteiger partial charge in [0.1, 0.15) is 17.8 Å². The van der Waals surface area contributed by atoms with Crippen molar-refractivity contribution in [3.8, 4) is 6.07 Å². The van der Waals surface area contributed by atoms with E-state index in [2.05, 4.69) is 26.5 Å². The van der Waals surface area contributed by atoms with Crippen LogP contribution in [-0.2, 0) is 22.7 Å². The first-order valence-corrected chi connectivity index (χ1v) is 19.6. The van der Waals surface area contributed by atoms with Crippen LogP contribution in [0, 0.1) is 11.3 Å². The van der Waals surface area contributed by atoms with Crippen LogP contribution in [0.15, 0.2) is 54.6 Å². The molecule has 1 unspecified atom stereocenters. The zero-order valence-corrected chi connectivity index (χ0v) is 31.9. The van der Waals surface area contributed by atoms with Crippen molar-refractivity contribution in [1.82, 2.24) is 20.4 Å². The lowest BCUT2D eigenvalue weighted by Gasteiger charge is -2.39. The number of imide groups is 2. The molecule has 0 spiro atoms. The molecule has 2 saturated heterocycles. The van der Waals surface area contributed by atoms with Crippen LogP contribution < -0.4 is 20.4 Å². The van der Waals surface area contributed by atoms with Gasteiger partial charge in [-0.05, 0) is 97.8 Å². The van der Waals surface area contributed by atoms with Crippen molar-refractivity contribution in [3.05, 3.63) is 93.0 Å². The SMILES string of the molecule is CN(c1ccc(C#N)c(Cl)c1)[C@H]1CC[C@H](NC(=O)c2ccc(N3CCC(F)(CN4Cc5cc6c(cc5C4)C(=O)N(C4CCC(=O)NC4=O)C6=O)CC3)cc2)CC1. The third-order valence-electron chi connectivity index (χ3n) is 12.3. The molecular weight excluding hydrogens is 737 g/mol. The second kappa shape index (κ2) is 15.0. The van der Waals surface area contributed by atoms with Gasteiger partial charge in [0.15, 0.2) is 0 Å². The molecule has 1 saturated carbocycles. The number of hydrogen-bond donors (Lipinski definition) is 2. The average molecular weight is 780 g/mol. The molecule has 1 aliphatic carbocycles. The number of carbonyl (C=O) groups excluding carboxylic acids is 5. The standard InChI is InChI=1S/C42H43ClFN7O5/c1-48(32-9-4-26(21-45)35(43)20-32)30-10-5-29(6-11-30)46-38(53)25-2-7-31(8-3-25)50-16-14-42(44,15-17-50)24-49-22-27-18-33-34(19-28(27)23-49)41(56)51(40(33)55)36-12-13-37(52)47-39(36)54/h2-4,7-9,18-20,29-30,36H,5-6,10-17,22-24H2,1H3,(H,46,53)(H,47,52,54)/t29-,30-,36?. The minimum Gasteiger partial charge on any atom is -0.372 e. The van der Waals surface area contributed by atoms with Gasteiger partial charge in [-0.15, -0.1) is 0 Å². The van der Waals surface area contributed by atoms with E-state index in [0.29, 0.717) is 61.2 Å². The smallest absolute Gasteiger partial charge is 0.262 e. The Bertz CT molecular complexity index is 2110. The molecule has 1 atom stereocenters. The highest BCUT2D eigenvalue weighted by atomic mass is 35.5. The van der Waals surface area contributed by atoms with Crippen LogP contribution in [0.2, 0.25) is 5.02 Å². The molecule has 0 radical (unpaired) electrons. The number of anilines is 2. The maximum absolute atomic E-state index is 16.3. The van der Waals surface area contributed by atoms with Gasteiger partial charge in [-0.25, -0.2) is 4.39 Å². The Morgan fingerprint density at radius 1 is 0.946 bits per heavy atom. The van der Waals surface area contributed by atoms with E-state index in [0.717, 1.165) is 53.1 Å². The maximum Gasteiger partial charge on any atom is 0.262 e. The second-order valence-corrected chi connectivity index (χ2v) is 16.2. The Labute approximate surface area is 329 Å². The summed E-state index contributed by atoms with van der Waals surface area (Å²) >= 11 is 6.26. The minimum absolute atomic E-state index is 0.0608. The molecule has 0 aromatic heterocycles. The molecule has 5 amide bonds. The van der Waals surface area contributed by atoms with E-state index >= 15 is 4.39 Å². The fourth-order valence-corrected chi connectivity index (χ4v) is 9.22. The van der Waals surface area contributed by atoms with E-state index in [4.69, 9.17) is 11.6 Å². The number of alkyl halides is 1. The quantitative estimate of drug-likeness (QED) is 0.298. The predicted molar refractivity (Wildman–Crippen MR) is 207 cm³/mol. The highest BCUT2D eigenvalue weighted by molar-refractivity contribution is 6.32. The summed E-state index contributed by atoms with van der Waals surface area (Å²) in [6, 6.07) is 17.9. The van der Waals surface area contributed by atoms with Crippen molar-refractivity contribution in [1.29, 1.82) is 5.26 Å². The fourth-order valence-electron chi connectivity index (χ4n) is 9.00. The van der Waals surface area contributed by atoms with Crippen LogP contribution in [0.25, 0.3) is 0 Å². The molecule has 0 bridgehead atoms. The summed E-state index contributed by atoms with van der Waals surface area (Å²) in [6.07, 6.45) is 4.40. The zero-order chi connectivity index (χ0) is 39.3. The van der Waals surface area contributed by atoms with Crippen LogP contribution in [0.1, 0.15) is 99.1 Å². The van der Waals surface area contributed by atoms with Crippen molar-refractivity contribution in [2.24, 2.45) is 0 Å². The van der Waals surface area contributed by atoms with Crippen LogP contribution in [0.5, 0.6) is 0 Å². The van der Waals surface area contributed by atoms with Gasteiger partial charge in [-0.2, -0.15) is 5.26 Å². The van der Waals surface area contributed by atoms with Gasteiger partial charge >= 0.3 is 0 Å². The molecule has 3 fully saturated rings. The predicted octanol–water partition coefficient (Wildman–Crippen LogP) is 5.11. The summed E-state index contributed by atoms with van der Waals surface area (Å²) in [5.41, 5.74) is 3.77. The van der Waals surface area contributed by atoms with Gasteiger partial charge in [0.2, 0.25) is 11.8 Å². The van der Waals surface area contributed by atoms with Crippen LogP contribution >= 0.6 is 11.6 Å². The number of rotatable bonds is 8. The van der Waals surface area contributed by atoms with Crippen molar-refractivity contribution < 1.29 is 28.4 Å². The molecular formula is C42H43ClFN7O5. The van der Waals surface area contributed by atoms with E-state index in [1.165, 1.54) is 0 Å². The van der Waals surface area contributed by atoms with Gasteiger partial charge in [-0.1, -0.05) is 11.6 Å². The Hall–Kier alpha value is -5.32. The molecule has 56 heavy (non-hydrogen) atoms. The first kappa shape index (κ1) is 37.6. The number of amides is 5. The first-order valence-electron chi connectivity index (χ1n) is 19.3. The summed E-state index contributed by atoms with van der Waals surface area (Å²) in [5.74, 6) is -2.25. The molecule has 5 aliphatic rings. The second-order valence-electron chi connectivity index (χ2n) is 15.8. The summed E-state index contributed by atoms with van der Waals surface area (Å²) in [4.78, 5) is 71.1. The fraction of sp³-hybridized carbons (Fsp3) is 0.429. The third kappa shape index (κ3) is 7.23. The Morgan fingerprint density at radius 3 is 2.18 bits per heavy atom. The molecule has 4 heterocycles. The van der Waals surface area contributed by atoms with Gasteiger partial charge in [0.05, 0.1) is 21.7 Å². The number of piperidine rings is 2. The normalized spacial score (nSPS) is 23.4. The number of halogens is 2. The van der Waals surface area contributed by atoms with Gasteiger partial charge in [-0.3, -0.25) is 39.1 Å². The molecule has 290 valence electrons. The van der Waals surface area contributed by atoms with E-state index in [-0.39, 0.29) is 42.5 Å². The summed E-state index contributed by atoms with van der Waals surface area (Å²) in [5, 5.41) is 15.0. The van der Waals surface area contributed by atoms with Crippen molar-refractivity contribution in [2.75, 3.05) is 36.5 Å². The highest BCUT2D eigenvalue weighted by Crippen LogP contribution is 2.37. The lowest BCUT2D eigenvalue weighted by atomic mass is 9.90. The van der Waals surface area contributed by atoms with Crippen LogP contribution in [-0.4, -0.2) is 89.8 Å². The zero-order valence-electron chi connectivity index (χ0n) is 31.2. The van der Waals surface area contributed by atoms with Crippen LogP contribution in [0.3, 0.4) is 0 Å². The average Bonchev–Trinajstić information content (AvgIpc) is 3.69. The molecule has 2 N–H and O–H groups in total. The highest BCUT2D eigenvalue weighted by Gasteiger charge is 2.46. The van der Waals surface area contributed by atoms with Crippen molar-refractivity contribution >= 4 is 52.5 Å². The number of carbonyl (C=O) groups is 5. The number of benzene rings is 3. The van der Waals surface area contributed by atoms with Gasteiger partial charge in [0, 0.05) is 88.1 Å². The lowest BCUT2D eigenvalue weighted by Crippen LogP contribution is -2.54. The van der Waals surface area contributed by atoms with Crippen LogP contribution in [0.4, 0.5) is 15.8 Å².